The molecule has 0 atom stereocenters. The molecule has 27 heavy (non-hydrogen) atoms. The maximum absolute atomic E-state index is 12.7. The van der Waals surface area contributed by atoms with Crippen molar-refractivity contribution in [2.45, 2.75) is 33.3 Å². The summed E-state index contributed by atoms with van der Waals surface area (Å²) < 4.78 is 10.6. The lowest BCUT2D eigenvalue weighted by atomic mass is 10.1. The fourth-order valence-corrected chi connectivity index (χ4v) is 2.98. The Bertz CT molecular complexity index is 934. The molecule has 1 aliphatic rings. The third-order valence-corrected chi connectivity index (χ3v) is 4.35. The van der Waals surface area contributed by atoms with Crippen LogP contribution in [-0.4, -0.2) is 53.6 Å². The number of carbonyl (C=O) groups is 2. The monoisotopic (exact) mass is 372 g/mol. The summed E-state index contributed by atoms with van der Waals surface area (Å²) >= 11 is 0. The Labute approximate surface area is 157 Å². The minimum Gasteiger partial charge on any atom is -0.444 e. The molecule has 7 nitrogen and oxygen atoms in total. The van der Waals surface area contributed by atoms with E-state index in [1.807, 2.05) is 33.8 Å². The van der Waals surface area contributed by atoms with Crippen molar-refractivity contribution in [2.75, 3.05) is 26.2 Å². The highest BCUT2D eigenvalue weighted by Gasteiger charge is 2.29. The number of amides is 2. The number of benzene rings is 1. The number of hydrogen-bond donors (Lipinski definition) is 0. The van der Waals surface area contributed by atoms with Crippen LogP contribution in [0, 0.1) is 6.92 Å². The van der Waals surface area contributed by atoms with Gasteiger partial charge in [-0.2, -0.15) is 0 Å². The molecule has 0 aliphatic carbocycles. The Morgan fingerprint density at radius 1 is 1.04 bits per heavy atom. The van der Waals surface area contributed by atoms with Gasteiger partial charge in [0.05, 0.1) is 5.39 Å². The van der Waals surface area contributed by atoms with Crippen molar-refractivity contribution in [1.82, 2.24) is 9.80 Å². The normalized spacial score (nSPS) is 15.1. The first kappa shape index (κ1) is 18.9. The van der Waals surface area contributed by atoms with E-state index in [1.54, 1.807) is 28.0 Å². The topological polar surface area (TPSA) is 80.1 Å². The molecule has 1 fully saturated rings. The van der Waals surface area contributed by atoms with Crippen molar-refractivity contribution in [3.63, 3.8) is 0 Å². The van der Waals surface area contributed by atoms with E-state index >= 15 is 0 Å². The average Bonchev–Trinajstić information content (AvgIpc) is 2.60. The SMILES string of the molecule is Cc1ccc2cc(C(=O)N3CCN(C(=O)OC(C)(C)C)CC3)oc(=O)c2c1. The number of rotatable bonds is 1. The van der Waals surface area contributed by atoms with Crippen molar-refractivity contribution in [1.29, 1.82) is 0 Å². The Balaban J connectivity index is 1.71. The zero-order valence-corrected chi connectivity index (χ0v) is 16.1. The molecule has 0 radical (unpaired) electrons. The van der Waals surface area contributed by atoms with Crippen molar-refractivity contribution in [3.05, 3.63) is 46.0 Å². The fourth-order valence-electron chi connectivity index (χ4n) is 2.98. The average molecular weight is 372 g/mol. The van der Waals surface area contributed by atoms with E-state index in [0.717, 1.165) is 5.56 Å². The quantitative estimate of drug-likeness (QED) is 0.769. The van der Waals surface area contributed by atoms with Crippen LogP contribution < -0.4 is 5.63 Å². The molecule has 0 spiro atoms. The molecule has 0 saturated carbocycles. The first-order valence-corrected chi connectivity index (χ1v) is 8.96. The van der Waals surface area contributed by atoms with Gasteiger partial charge in [0.2, 0.25) is 0 Å². The van der Waals surface area contributed by atoms with Gasteiger partial charge in [0, 0.05) is 26.2 Å². The number of carbonyl (C=O) groups excluding carboxylic acids is 2. The molecule has 1 aromatic carbocycles. The maximum atomic E-state index is 12.7. The Morgan fingerprint density at radius 2 is 1.67 bits per heavy atom. The zero-order valence-electron chi connectivity index (χ0n) is 16.1. The van der Waals surface area contributed by atoms with E-state index in [1.165, 1.54) is 0 Å². The van der Waals surface area contributed by atoms with Gasteiger partial charge < -0.3 is 19.0 Å². The first-order valence-electron chi connectivity index (χ1n) is 8.96. The van der Waals surface area contributed by atoms with E-state index in [2.05, 4.69) is 0 Å². The van der Waals surface area contributed by atoms with E-state index in [9.17, 15) is 14.4 Å². The third kappa shape index (κ3) is 4.30. The summed E-state index contributed by atoms with van der Waals surface area (Å²) in [5, 5.41) is 1.13. The van der Waals surface area contributed by atoms with Crippen molar-refractivity contribution in [2.24, 2.45) is 0 Å². The highest BCUT2D eigenvalue weighted by molar-refractivity contribution is 5.95. The molecule has 1 saturated heterocycles. The minimum absolute atomic E-state index is 0.0158. The number of fused-ring (bicyclic) bond motifs is 1. The van der Waals surface area contributed by atoms with Crippen LogP contribution in [0.5, 0.6) is 0 Å². The lowest BCUT2D eigenvalue weighted by Crippen LogP contribution is -2.51. The van der Waals surface area contributed by atoms with Gasteiger partial charge in [-0.05, 0) is 45.2 Å². The van der Waals surface area contributed by atoms with Gasteiger partial charge in [0.25, 0.3) is 5.91 Å². The highest BCUT2D eigenvalue weighted by Crippen LogP contribution is 2.17. The summed E-state index contributed by atoms with van der Waals surface area (Å²) in [4.78, 5) is 40.2. The summed E-state index contributed by atoms with van der Waals surface area (Å²) in [5.41, 5.74) is -0.129. The molecular weight excluding hydrogens is 348 g/mol. The number of ether oxygens (including phenoxy) is 1. The molecule has 0 bridgehead atoms. The van der Waals surface area contributed by atoms with Crippen LogP contribution in [0.4, 0.5) is 4.79 Å². The molecule has 7 heteroatoms. The van der Waals surface area contributed by atoms with Crippen LogP contribution >= 0.6 is 0 Å². The van der Waals surface area contributed by atoms with E-state index in [-0.39, 0.29) is 17.8 Å². The first-order chi connectivity index (χ1) is 12.6. The number of nitrogens with zero attached hydrogens (tertiary/aromatic N) is 2. The highest BCUT2D eigenvalue weighted by atomic mass is 16.6. The van der Waals surface area contributed by atoms with Gasteiger partial charge in [-0.15, -0.1) is 0 Å². The second-order valence-electron chi connectivity index (χ2n) is 7.75. The standard InChI is InChI=1S/C20H24N2O5/c1-13-5-6-14-12-16(26-18(24)15(14)11-13)17(23)21-7-9-22(10-8-21)19(25)27-20(2,3)4/h5-6,11-12H,7-10H2,1-4H3. The van der Waals surface area contributed by atoms with Crippen LogP contribution in [0.15, 0.2) is 33.5 Å². The molecule has 2 aromatic rings. The van der Waals surface area contributed by atoms with Crippen molar-refractivity contribution >= 4 is 22.8 Å². The number of piperazine rings is 1. The largest absolute Gasteiger partial charge is 0.444 e. The van der Waals surface area contributed by atoms with Crippen LogP contribution in [0.2, 0.25) is 0 Å². The fraction of sp³-hybridized carbons (Fsp3) is 0.450. The van der Waals surface area contributed by atoms with Crippen molar-refractivity contribution < 1.29 is 18.7 Å². The summed E-state index contributed by atoms with van der Waals surface area (Å²) in [6.45, 7) is 8.79. The van der Waals surface area contributed by atoms with E-state index in [0.29, 0.717) is 37.0 Å². The Hall–Kier alpha value is -2.83. The van der Waals surface area contributed by atoms with E-state index < -0.39 is 11.2 Å². The smallest absolute Gasteiger partial charge is 0.410 e. The second kappa shape index (κ2) is 7.06. The number of hydrogen-bond acceptors (Lipinski definition) is 5. The molecule has 3 rings (SSSR count). The molecule has 0 unspecified atom stereocenters. The zero-order chi connectivity index (χ0) is 19.8. The van der Waals surface area contributed by atoms with Crippen LogP contribution in [-0.2, 0) is 4.74 Å². The van der Waals surface area contributed by atoms with Gasteiger partial charge in [-0.1, -0.05) is 17.7 Å². The molecule has 2 heterocycles. The number of aryl methyl sites for hydroxylation is 1. The summed E-state index contributed by atoms with van der Waals surface area (Å²) in [6.07, 6.45) is -0.387. The van der Waals surface area contributed by atoms with Gasteiger partial charge in [0.15, 0.2) is 5.76 Å². The van der Waals surface area contributed by atoms with E-state index in [4.69, 9.17) is 9.15 Å². The Kier molecular flexibility index (Phi) is 4.95. The van der Waals surface area contributed by atoms with Crippen molar-refractivity contribution in [3.8, 4) is 0 Å². The third-order valence-electron chi connectivity index (χ3n) is 4.35. The van der Waals surface area contributed by atoms with Crippen LogP contribution in [0.1, 0.15) is 36.9 Å². The van der Waals surface area contributed by atoms with Gasteiger partial charge in [-0.3, -0.25) is 4.79 Å². The predicted octanol–water partition coefficient (Wildman–Crippen LogP) is 2.79. The molecule has 0 N–H and O–H groups in total. The van der Waals surface area contributed by atoms with Crippen LogP contribution in [0.3, 0.4) is 0 Å². The second-order valence-corrected chi connectivity index (χ2v) is 7.75. The lowest BCUT2D eigenvalue weighted by molar-refractivity contribution is 0.0136. The molecule has 1 aromatic heterocycles. The molecule has 144 valence electrons. The predicted molar refractivity (Wildman–Crippen MR) is 101 cm³/mol. The van der Waals surface area contributed by atoms with Gasteiger partial charge >= 0.3 is 11.7 Å². The summed E-state index contributed by atoms with van der Waals surface area (Å²) in [5.74, 6) is -0.333. The van der Waals surface area contributed by atoms with Crippen LogP contribution in [0.25, 0.3) is 10.8 Å². The maximum Gasteiger partial charge on any atom is 0.410 e. The molecule has 2 amide bonds. The lowest BCUT2D eigenvalue weighted by Gasteiger charge is -2.35. The van der Waals surface area contributed by atoms with Gasteiger partial charge in [-0.25, -0.2) is 9.59 Å². The summed E-state index contributed by atoms with van der Waals surface area (Å²) in [6, 6.07) is 7.03. The summed E-state index contributed by atoms with van der Waals surface area (Å²) in [7, 11) is 0. The molecular formula is C20H24N2O5. The Morgan fingerprint density at radius 3 is 2.30 bits per heavy atom. The molecule has 1 aliphatic heterocycles. The minimum atomic E-state index is -0.559. The van der Waals surface area contributed by atoms with Gasteiger partial charge in [0.1, 0.15) is 5.60 Å².